The largest absolute Gasteiger partial charge is 0.508 e. The lowest BCUT2D eigenvalue weighted by Crippen LogP contribution is -1.99. The van der Waals surface area contributed by atoms with Crippen LogP contribution in [0.4, 0.5) is 0 Å². The van der Waals surface area contributed by atoms with Gasteiger partial charge in [-0.05, 0) is 61.4 Å². The van der Waals surface area contributed by atoms with Crippen LogP contribution >= 0.6 is 0 Å². The van der Waals surface area contributed by atoms with E-state index in [9.17, 15) is 5.11 Å². The predicted molar refractivity (Wildman–Crippen MR) is 117 cm³/mol. The molecule has 0 amide bonds. The third kappa shape index (κ3) is 4.28. The average Bonchev–Trinajstić information content (AvgIpc) is 3.20. The number of rotatable bonds is 6. The molecule has 150 valence electrons. The van der Waals surface area contributed by atoms with Gasteiger partial charge in [-0.1, -0.05) is 31.0 Å². The van der Waals surface area contributed by atoms with Crippen molar-refractivity contribution in [1.82, 2.24) is 14.6 Å². The van der Waals surface area contributed by atoms with E-state index in [1.54, 1.807) is 28.8 Å². The highest BCUT2D eigenvalue weighted by Crippen LogP contribution is 2.23. The van der Waals surface area contributed by atoms with Crippen LogP contribution in [0.25, 0.3) is 17.0 Å². The molecule has 0 saturated heterocycles. The van der Waals surface area contributed by atoms with Crippen LogP contribution in [0.1, 0.15) is 37.3 Å². The van der Waals surface area contributed by atoms with Gasteiger partial charge >= 0.3 is 0 Å². The summed E-state index contributed by atoms with van der Waals surface area (Å²) in [4.78, 5) is 4.54. The molecule has 0 aliphatic carbocycles. The maximum atomic E-state index is 9.45. The van der Waals surface area contributed by atoms with Crippen molar-refractivity contribution in [3.8, 4) is 34.7 Å². The van der Waals surface area contributed by atoms with Gasteiger partial charge in [0.15, 0.2) is 11.5 Å². The lowest BCUT2D eigenvalue weighted by Gasteiger charge is -2.10. The fourth-order valence-electron chi connectivity index (χ4n) is 3.30. The van der Waals surface area contributed by atoms with Crippen molar-refractivity contribution < 1.29 is 9.84 Å². The number of fused-ring (bicyclic) bond motifs is 1. The molecule has 1 atom stereocenters. The quantitative estimate of drug-likeness (QED) is 0.455. The van der Waals surface area contributed by atoms with Crippen LogP contribution in [0.2, 0.25) is 0 Å². The lowest BCUT2D eigenvalue weighted by molar-refractivity contribution is 0.305. The Kier molecular flexibility index (Phi) is 5.67. The minimum atomic E-state index is 0.221. The van der Waals surface area contributed by atoms with Crippen LogP contribution in [0.3, 0.4) is 0 Å². The van der Waals surface area contributed by atoms with Gasteiger partial charge in [-0.2, -0.15) is 0 Å². The van der Waals surface area contributed by atoms with Crippen molar-refractivity contribution >= 4 is 5.65 Å². The predicted octanol–water partition coefficient (Wildman–Crippen LogP) is 5.20. The fraction of sp³-hybridized carbons (Fsp3) is 0.200. The van der Waals surface area contributed by atoms with Crippen LogP contribution in [0.5, 0.6) is 11.5 Å². The van der Waals surface area contributed by atoms with Gasteiger partial charge in [0, 0.05) is 23.2 Å². The Labute approximate surface area is 176 Å². The Bertz CT molecular complexity index is 1200. The van der Waals surface area contributed by atoms with Crippen LogP contribution in [0, 0.1) is 11.8 Å². The zero-order valence-electron chi connectivity index (χ0n) is 17.0. The maximum Gasteiger partial charge on any atom is 0.182 e. The second kappa shape index (κ2) is 8.71. The van der Waals surface area contributed by atoms with E-state index < -0.39 is 0 Å². The number of ether oxygens (including phenoxy) is 1. The summed E-state index contributed by atoms with van der Waals surface area (Å²) in [5.41, 5.74) is 3.82. The Morgan fingerprint density at radius 1 is 1.03 bits per heavy atom. The molecule has 2 aromatic carbocycles. The molecular formula is C25H23N3O2. The van der Waals surface area contributed by atoms with Crippen LogP contribution < -0.4 is 4.74 Å². The molecule has 4 rings (SSSR count). The Morgan fingerprint density at radius 3 is 2.50 bits per heavy atom. The summed E-state index contributed by atoms with van der Waals surface area (Å²) in [6.45, 7) is 4.46. The first-order valence-corrected chi connectivity index (χ1v) is 9.96. The first-order valence-electron chi connectivity index (χ1n) is 9.96. The highest BCUT2D eigenvalue weighted by Gasteiger charge is 2.08. The normalized spacial score (nSPS) is 11.7. The van der Waals surface area contributed by atoms with Gasteiger partial charge in [-0.3, -0.25) is 0 Å². The zero-order valence-corrected chi connectivity index (χ0v) is 17.0. The number of aromatic hydroxyl groups is 1. The third-order valence-corrected chi connectivity index (χ3v) is 4.93. The Balaban J connectivity index is 1.46. The van der Waals surface area contributed by atoms with Crippen molar-refractivity contribution in [3.05, 3.63) is 78.0 Å². The summed E-state index contributed by atoms with van der Waals surface area (Å²) < 4.78 is 7.70. The lowest BCUT2D eigenvalue weighted by atomic mass is 9.97. The second-order valence-electron chi connectivity index (χ2n) is 7.04. The minimum absolute atomic E-state index is 0.221. The van der Waals surface area contributed by atoms with E-state index in [0.717, 1.165) is 28.9 Å². The molecular weight excluding hydrogens is 374 g/mol. The van der Waals surface area contributed by atoms with Gasteiger partial charge in [0.25, 0.3) is 0 Å². The molecule has 2 aromatic heterocycles. The van der Waals surface area contributed by atoms with E-state index in [0.29, 0.717) is 12.4 Å². The molecule has 4 aromatic rings. The Hall–Kier alpha value is -3.78. The molecule has 1 N–H and O–H groups in total. The summed E-state index contributed by atoms with van der Waals surface area (Å²) in [6, 6.07) is 18.9. The summed E-state index contributed by atoms with van der Waals surface area (Å²) in [5.74, 6) is 8.16. The smallest absolute Gasteiger partial charge is 0.182 e. The van der Waals surface area contributed by atoms with Gasteiger partial charge in [-0.25, -0.2) is 9.50 Å². The number of benzene rings is 2. The molecule has 0 fully saturated rings. The second-order valence-corrected chi connectivity index (χ2v) is 7.04. The van der Waals surface area contributed by atoms with Gasteiger partial charge in [0.05, 0.1) is 0 Å². The molecule has 0 saturated carbocycles. The standard InChI is InChI=1S/C25H23N3O2/c1-3-5-19(4-2)20-9-13-23(14-10-20)30-17-18-6-15-24-26-25(27-28(24)16-18)21-7-11-22(29)12-8-21/h6-16,19,29H,4,17H2,1-2H3/t19-/m1/s1. The number of hydrogen-bond donors (Lipinski definition) is 1. The molecule has 0 spiro atoms. The minimum Gasteiger partial charge on any atom is -0.508 e. The highest BCUT2D eigenvalue weighted by atomic mass is 16.5. The summed E-state index contributed by atoms with van der Waals surface area (Å²) in [7, 11) is 0. The average molecular weight is 397 g/mol. The number of nitrogens with zero attached hydrogens (tertiary/aromatic N) is 3. The number of hydrogen-bond acceptors (Lipinski definition) is 4. The van der Waals surface area contributed by atoms with Crippen molar-refractivity contribution in [2.45, 2.75) is 32.8 Å². The molecule has 0 unspecified atom stereocenters. The van der Waals surface area contributed by atoms with Crippen molar-refractivity contribution in [2.24, 2.45) is 0 Å². The number of phenols is 1. The molecule has 2 heterocycles. The van der Waals surface area contributed by atoms with E-state index >= 15 is 0 Å². The third-order valence-electron chi connectivity index (χ3n) is 4.93. The van der Waals surface area contributed by atoms with Crippen molar-refractivity contribution in [2.75, 3.05) is 0 Å². The van der Waals surface area contributed by atoms with E-state index in [-0.39, 0.29) is 11.7 Å². The SMILES string of the molecule is CC#C[C@@H](CC)c1ccc(OCc2ccc3nc(-c4ccc(O)cc4)nn3c2)cc1. The number of phenolic OH excluding ortho intramolecular Hbond substituents is 1. The van der Waals surface area contributed by atoms with Crippen LogP contribution in [0.15, 0.2) is 66.9 Å². The molecule has 0 aliphatic rings. The number of aromatic nitrogens is 3. The zero-order chi connectivity index (χ0) is 20.9. The summed E-state index contributed by atoms with van der Waals surface area (Å²) in [5, 5.41) is 14.0. The van der Waals surface area contributed by atoms with Gasteiger partial charge in [-0.15, -0.1) is 11.0 Å². The highest BCUT2D eigenvalue weighted by molar-refractivity contribution is 5.59. The van der Waals surface area contributed by atoms with Gasteiger partial charge in [0.1, 0.15) is 18.1 Å². The molecule has 5 heteroatoms. The fourth-order valence-corrected chi connectivity index (χ4v) is 3.30. The molecule has 0 radical (unpaired) electrons. The molecule has 5 nitrogen and oxygen atoms in total. The Morgan fingerprint density at radius 2 is 1.80 bits per heavy atom. The van der Waals surface area contributed by atoms with Gasteiger partial charge < -0.3 is 9.84 Å². The van der Waals surface area contributed by atoms with E-state index in [2.05, 4.69) is 41.0 Å². The van der Waals surface area contributed by atoms with Crippen molar-refractivity contribution in [3.63, 3.8) is 0 Å². The first kappa shape index (κ1) is 19.5. The summed E-state index contributed by atoms with van der Waals surface area (Å²) in [6.07, 6.45) is 2.91. The van der Waals surface area contributed by atoms with Crippen LogP contribution in [-0.2, 0) is 6.61 Å². The van der Waals surface area contributed by atoms with E-state index in [1.807, 2.05) is 37.4 Å². The van der Waals surface area contributed by atoms with E-state index in [1.165, 1.54) is 5.56 Å². The molecule has 0 aliphatic heterocycles. The molecule has 0 bridgehead atoms. The summed E-state index contributed by atoms with van der Waals surface area (Å²) >= 11 is 0. The van der Waals surface area contributed by atoms with Crippen molar-refractivity contribution in [1.29, 1.82) is 0 Å². The monoisotopic (exact) mass is 397 g/mol. The topological polar surface area (TPSA) is 59.7 Å². The number of pyridine rings is 1. The maximum absolute atomic E-state index is 9.45. The van der Waals surface area contributed by atoms with Crippen LogP contribution in [-0.4, -0.2) is 19.7 Å². The van der Waals surface area contributed by atoms with E-state index in [4.69, 9.17) is 4.74 Å². The van der Waals surface area contributed by atoms with Gasteiger partial charge in [0.2, 0.25) is 0 Å². The molecule has 30 heavy (non-hydrogen) atoms. The first-order chi connectivity index (χ1) is 14.7.